The van der Waals surface area contributed by atoms with Gasteiger partial charge in [-0.3, -0.25) is 4.79 Å². The zero-order chi connectivity index (χ0) is 15.5. The number of hydrogen-bond acceptors (Lipinski definition) is 3. The van der Waals surface area contributed by atoms with Gasteiger partial charge in [0, 0.05) is 29.6 Å². The van der Waals surface area contributed by atoms with Gasteiger partial charge in [-0.25, -0.2) is 0 Å². The number of benzene rings is 1. The third-order valence-electron chi connectivity index (χ3n) is 2.68. The standard InChI is InChI=1S/C15H17BrClN3O/c16-14-4-2-12(3-5-14)6-9-19-11-13(10-18)15(21)20-8-1-7-17/h2-5,11,19H,1,6-9H2,(H,20,21)/b13-11-. The summed E-state index contributed by atoms with van der Waals surface area (Å²) >= 11 is 8.91. The average molecular weight is 371 g/mol. The van der Waals surface area contributed by atoms with E-state index in [-0.39, 0.29) is 11.5 Å². The number of carbonyl (C=O) groups excluding carboxylic acids is 1. The van der Waals surface area contributed by atoms with Crippen molar-refractivity contribution in [1.82, 2.24) is 10.6 Å². The second-order valence-electron chi connectivity index (χ2n) is 4.30. The van der Waals surface area contributed by atoms with Crippen LogP contribution in [0.25, 0.3) is 0 Å². The summed E-state index contributed by atoms with van der Waals surface area (Å²) in [6.07, 6.45) is 2.95. The van der Waals surface area contributed by atoms with Gasteiger partial charge in [-0.2, -0.15) is 5.26 Å². The quantitative estimate of drug-likeness (QED) is 0.320. The van der Waals surface area contributed by atoms with Gasteiger partial charge in [-0.05, 0) is 30.5 Å². The van der Waals surface area contributed by atoms with Crippen molar-refractivity contribution in [3.8, 4) is 6.07 Å². The van der Waals surface area contributed by atoms with E-state index in [1.807, 2.05) is 30.3 Å². The number of hydrogen-bond donors (Lipinski definition) is 2. The number of nitriles is 1. The lowest BCUT2D eigenvalue weighted by atomic mass is 10.1. The first-order chi connectivity index (χ1) is 10.2. The number of nitrogens with one attached hydrogen (secondary N) is 2. The van der Waals surface area contributed by atoms with Crippen molar-refractivity contribution in [2.45, 2.75) is 12.8 Å². The normalized spacial score (nSPS) is 10.8. The van der Waals surface area contributed by atoms with Crippen LogP contribution in [0, 0.1) is 11.3 Å². The van der Waals surface area contributed by atoms with Crippen LogP contribution in [0.2, 0.25) is 0 Å². The molecule has 0 saturated carbocycles. The maximum absolute atomic E-state index is 11.7. The van der Waals surface area contributed by atoms with E-state index in [2.05, 4.69) is 26.6 Å². The maximum atomic E-state index is 11.7. The molecule has 112 valence electrons. The molecule has 0 radical (unpaired) electrons. The minimum absolute atomic E-state index is 0.0698. The Labute approximate surface area is 138 Å². The van der Waals surface area contributed by atoms with Crippen LogP contribution in [0.4, 0.5) is 0 Å². The van der Waals surface area contributed by atoms with E-state index in [1.165, 1.54) is 11.8 Å². The minimum atomic E-state index is -0.376. The van der Waals surface area contributed by atoms with Crippen LogP contribution in [0.5, 0.6) is 0 Å². The molecule has 6 heteroatoms. The SMILES string of the molecule is N#C/C(=C/NCCc1ccc(Br)cc1)C(=O)NCCCCl. The van der Waals surface area contributed by atoms with E-state index in [0.29, 0.717) is 25.4 Å². The van der Waals surface area contributed by atoms with Gasteiger partial charge in [0.15, 0.2) is 0 Å². The van der Waals surface area contributed by atoms with Crippen LogP contribution in [-0.2, 0) is 11.2 Å². The Morgan fingerprint density at radius 3 is 2.67 bits per heavy atom. The molecule has 4 nitrogen and oxygen atoms in total. The number of halogens is 2. The first-order valence-corrected chi connectivity index (χ1v) is 7.92. The third-order valence-corrected chi connectivity index (χ3v) is 3.47. The molecule has 21 heavy (non-hydrogen) atoms. The Hall–Kier alpha value is -1.51. The first kappa shape index (κ1) is 17.5. The molecule has 0 bridgehead atoms. The summed E-state index contributed by atoms with van der Waals surface area (Å²) in [5, 5.41) is 14.6. The molecule has 0 spiro atoms. The largest absolute Gasteiger partial charge is 0.389 e. The second-order valence-corrected chi connectivity index (χ2v) is 5.59. The number of rotatable bonds is 8. The van der Waals surface area contributed by atoms with Crippen molar-refractivity contribution in [3.63, 3.8) is 0 Å². The fourth-order valence-corrected chi connectivity index (χ4v) is 1.95. The Bertz CT molecular complexity index is 523. The highest BCUT2D eigenvalue weighted by Crippen LogP contribution is 2.10. The Kier molecular flexibility index (Phi) is 8.56. The molecule has 1 aromatic carbocycles. The van der Waals surface area contributed by atoms with Gasteiger partial charge in [-0.15, -0.1) is 11.6 Å². The van der Waals surface area contributed by atoms with Crippen LogP contribution >= 0.6 is 27.5 Å². The van der Waals surface area contributed by atoms with Gasteiger partial charge in [0.2, 0.25) is 0 Å². The first-order valence-electron chi connectivity index (χ1n) is 6.59. The van der Waals surface area contributed by atoms with Crippen LogP contribution in [0.15, 0.2) is 40.5 Å². The van der Waals surface area contributed by atoms with E-state index in [4.69, 9.17) is 16.9 Å². The lowest BCUT2D eigenvalue weighted by Gasteiger charge is -2.04. The lowest BCUT2D eigenvalue weighted by Crippen LogP contribution is -2.27. The van der Waals surface area contributed by atoms with E-state index >= 15 is 0 Å². The van der Waals surface area contributed by atoms with Crippen LogP contribution in [0.1, 0.15) is 12.0 Å². The summed E-state index contributed by atoms with van der Waals surface area (Å²) in [6.45, 7) is 1.13. The highest BCUT2D eigenvalue weighted by atomic mass is 79.9. The molecule has 0 aliphatic rings. The third kappa shape index (κ3) is 7.16. The van der Waals surface area contributed by atoms with Crippen molar-refractivity contribution in [2.75, 3.05) is 19.0 Å². The second kappa shape index (κ2) is 10.3. The zero-order valence-electron chi connectivity index (χ0n) is 11.5. The summed E-state index contributed by atoms with van der Waals surface area (Å²) in [5.74, 6) is 0.107. The molecular formula is C15H17BrClN3O. The van der Waals surface area contributed by atoms with Crippen molar-refractivity contribution < 1.29 is 4.79 Å². The monoisotopic (exact) mass is 369 g/mol. The smallest absolute Gasteiger partial charge is 0.263 e. The van der Waals surface area contributed by atoms with Gasteiger partial charge in [-0.1, -0.05) is 28.1 Å². The van der Waals surface area contributed by atoms with E-state index in [9.17, 15) is 4.79 Å². The number of nitrogens with zero attached hydrogens (tertiary/aromatic N) is 1. The predicted octanol–water partition coefficient (Wildman–Crippen LogP) is 2.73. The summed E-state index contributed by atoms with van der Waals surface area (Å²) in [5.41, 5.74) is 1.25. The molecule has 0 fully saturated rings. The fraction of sp³-hybridized carbons (Fsp3) is 0.333. The Balaban J connectivity index is 2.37. The van der Waals surface area contributed by atoms with Crippen LogP contribution in [-0.4, -0.2) is 24.9 Å². The van der Waals surface area contributed by atoms with Gasteiger partial charge in [0.05, 0.1) is 0 Å². The fourth-order valence-electron chi connectivity index (χ4n) is 1.55. The molecule has 0 aliphatic carbocycles. The number of alkyl halides is 1. The maximum Gasteiger partial charge on any atom is 0.263 e. The molecule has 0 saturated heterocycles. The zero-order valence-corrected chi connectivity index (χ0v) is 13.9. The van der Waals surface area contributed by atoms with Crippen molar-refractivity contribution in [3.05, 3.63) is 46.1 Å². The average Bonchev–Trinajstić information content (AvgIpc) is 2.49. The molecule has 2 N–H and O–H groups in total. The molecule has 0 aliphatic heterocycles. The van der Waals surface area contributed by atoms with Gasteiger partial charge in [0.1, 0.15) is 11.6 Å². The van der Waals surface area contributed by atoms with Gasteiger partial charge < -0.3 is 10.6 Å². The lowest BCUT2D eigenvalue weighted by molar-refractivity contribution is -0.117. The highest BCUT2D eigenvalue weighted by molar-refractivity contribution is 9.10. The summed E-state index contributed by atoms with van der Waals surface area (Å²) < 4.78 is 1.04. The van der Waals surface area contributed by atoms with Crippen LogP contribution < -0.4 is 10.6 Å². The van der Waals surface area contributed by atoms with Crippen molar-refractivity contribution in [1.29, 1.82) is 5.26 Å². The van der Waals surface area contributed by atoms with E-state index in [1.54, 1.807) is 0 Å². The molecule has 1 amide bonds. The molecule has 0 heterocycles. The number of amides is 1. The minimum Gasteiger partial charge on any atom is -0.389 e. The Morgan fingerprint density at radius 1 is 1.33 bits per heavy atom. The van der Waals surface area contributed by atoms with Crippen molar-refractivity contribution in [2.24, 2.45) is 0 Å². The molecule has 0 aromatic heterocycles. The summed E-state index contributed by atoms with van der Waals surface area (Å²) in [6, 6.07) is 9.90. The molecule has 1 aromatic rings. The van der Waals surface area contributed by atoms with Crippen LogP contribution in [0.3, 0.4) is 0 Å². The molecule has 1 rings (SSSR count). The van der Waals surface area contributed by atoms with Gasteiger partial charge in [0.25, 0.3) is 5.91 Å². The summed E-state index contributed by atoms with van der Waals surface area (Å²) in [7, 11) is 0. The van der Waals surface area contributed by atoms with E-state index in [0.717, 1.165) is 10.9 Å². The Morgan fingerprint density at radius 2 is 2.05 bits per heavy atom. The van der Waals surface area contributed by atoms with E-state index < -0.39 is 0 Å². The predicted molar refractivity (Wildman–Crippen MR) is 87.9 cm³/mol. The molecular weight excluding hydrogens is 354 g/mol. The topological polar surface area (TPSA) is 64.9 Å². The molecule has 0 unspecified atom stereocenters. The van der Waals surface area contributed by atoms with Gasteiger partial charge >= 0.3 is 0 Å². The molecule has 0 atom stereocenters. The summed E-state index contributed by atoms with van der Waals surface area (Å²) in [4.78, 5) is 11.7. The highest BCUT2D eigenvalue weighted by Gasteiger charge is 2.07. The number of carbonyl (C=O) groups is 1. The van der Waals surface area contributed by atoms with Crippen molar-refractivity contribution >= 4 is 33.4 Å².